The SMILES string of the molecule is Cc1cn2nc([C@H](C)N(C)C(=O)c3cc(Cl)ccc3NS(C)(=O)=O)c(-c3ccccc3)c2nc1N1CC[C@H](NC(=O)OC(C)(C)C)C1. The van der Waals surface area contributed by atoms with Crippen LogP contribution < -0.4 is 14.9 Å². The molecule has 1 aliphatic rings. The number of fused-ring (bicyclic) bond motifs is 1. The van der Waals surface area contributed by atoms with Gasteiger partial charge in [0.1, 0.15) is 11.4 Å². The molecule has 47 heavy (non-hydrogen) atoms. The molecule has 5 rings (SSSR count). The first-order valence-corrected chi connectivity index (χ1v) is 17.5. The van der Waals surface area contributed by atoms with Gasteiger partial charge in [0.25, 0.3) is 5.91 Å². The summed E-state index contributed by atoms with van der Waals surface area (Å²) in [5.74, 6) is 0.342. The van der Waals surface area contributed by atoms with Gasteiger partial charge in [-0.25, -0.2) is 22.7 Å². The summed E-state index contributed by atoms with van der Waals surface area (Å²) in [5.41, 5.74) is 3.43. The second kappa shape index (κ2) is 13.0. The number of alkyl carbamates (subject to hydrolysis) is 1. The molecule has 2 atom stereocenters. The van der Waals surface area contributed by atoms with Crippen LogP contribution in [0.5, 0.6) is 0 Å². The lowest BCUT2D eigenvalue weighted by molar-refractivity contribution is 0.0508. The number of rotatable bonds is 8. The van der Waals surface area contributed by atoms with Crippen LogP contribution in [0.25, 0.3) is 16.8 Å². The van der Waals surface area contributed by atoms with Gasteiger partial charge in [-0.15, -0.1) is 0 Å². The zero-order chi connectivity index (χ0) is 34.3. The molecular weight excluding hydrogens is 642 g/mol. The third-order valence-corrected chi connectivity index (χ3v) is 8.69. The normalized spacial score (nSPS) is 15.8. The van der Waals surface area contributed by atoms with Crippen molar-refractivity contribution in [2.45, 2.75) is 58.7 Å². The Morgan fingerprint density at radius 1 is 1.15 bits per heavy atom. The molecule has 2 aromatic carbocycles. The second-order valence-electron chi connectivity index (χ2n) is 12.9. The van der Waals surface area contributed by atoms with E-state index in [0.717, 1.165) is 35.2 Å². The highest BCUT2D eigenvalue weighted by molar-refractivity contribution is 7.92. The lowest BCUT2D eigenvalue weighted by Gasteiger charge is -2.25. The molecule has 0 bridgehead atoms. The smallest absolute Gasteiger partial charge is 0.407 e. The number of benzene rings is 2. The lowest BCUT2D eigenvalue weighted by Crippen LogP contribution is -2.40. The number of aromatic nitrogens is 3. The fourth-order valence-electron chi connectivity index (χ4n) is 5.64. The van der Waals surface area contributed by atoms with Crippen molar-refractivity contribution in [3.63, 3.8) is 0 Å². The number of nitrogens with zero attached hydrogens (tertiary/aromatic N) is 5. The number of carbonyl (C=O) groups excluding carboxylic acids is 2. The number of hydrogen-bond acceptors (Lipinski definition) is 8. The number of ether oxygens (including phenoxy) is 1. The van der Waals surface area contributed by atoms with Crippen molar-refractivity contribution in [2.24, 2.45) is 0 Å². The van der Waals surface area contributed by atoms with Crippen LogP contribution in [0, 0.1) is 6.92 Å². The van der Waals surface area contributed by atoms with Crippen LogP contribution in [-0.4, -0.2) is 78.0 Å². The Labute approximate surface area is 280 Å². The summed E-state index contributed by atoms with van der Waals surface area (Å²) in [7, 11) is -2.01. The van der Waals surface area contributed by atoms with E-state index in [4.69, 9.17) is 26.4 Å². The van der Waals surface area contributed by atoms with E-state index in [9.17, 15) is 18.0 Å². The van der Waals surface area contributed by atoms with E-state index in [0.29, 0.717) is 29.5 Å². The number of anilines is 2. The van der Waals surface area contributed by atoms with Crippen LogP contribution in [0.4, 0.5) is 16.3 Å². The fourth-order valence-corrected chi connectivity index (χ4v) is 6.39. The molecule has 0 aliphatic carbocycles. The largest absolute Gasteiger partial charge is 0.444 e. The predicted octanol–water partition coefficient (Wildman–Crippen LogP) is 5.67. The molecule has 2 amide bonds. The van der Waals surface area contributed by atoms with Gasteiger partial charge < -0.3 is 19.9 Å². The van der Waals surface area contributed by atoms with Gasteiger partial charge in [0.05, 0.1) is 40.8 Å². The van der Waals surface area contributed by atoms with E-state index in [2.05, 4.69) is 14.9 Å². The fraction of sp³-hybridized carbons (Fsp3) is 0.394. The molecule has 3 heterocycles. The third kappa shape index (κ3) is 7.79. The Morgan fingerprint density at radius 3 is 2.51 bits per heavy atom. The summed E-state index contributed by atoms with van der Waals surface area (Å²) >= 11 is 6.23. The Morgan fingerprint density at radius 2 is 1.85 bits per heavy atom. The maximum atomic E-state index is 13.9. The Hall–Kier alpha value is -4.36. The molecule has 0 unspecified atom stereocenters. The summed E-state index contributed by atoms with van der Waals surface area (Å²) in [4.78, 5) is 35.1. The first kappa shape index (κ1) is 34.0. The zero-order valence-corrected chi connectivity index (χ0v) is 29.1. The molecule has 2 aromatic heterocycles. The zero-order valence-electron chi connectivity index (χ0n) is 27.5. The van der Waals surface area contributed by atoms with Gasteiger partial charge in [-0.1, -0.05) is 41.9 Å². The summed E-state index contributed by atoms with van der Waals surface area (Å²) in [5, 5.41) is 8.20. The summed E-state index contributed by atoms with van der Waals surface area (Å²) < 4.78 is 33.7. The van der Waals surface area contributed by atoms with Crippen molar-refractivity contribution in [1.82, 2.24) is 24.8 Å². The number of nitrogens with one attached hydrogen (secondary N) is 2. The maximum absolute atomic E-state index is 13.9. The minimum Gasteiger partial charge on any atom is -0.444 e. The highest BCUT2D eigenvalue weighted by Gasteiger charge is 2.31. The van der Waals surface area contributed by atoms with E-state index >= 15 is 0 Å². The molecule has 0 saturated carbocycles. The molecular formula is C33H40ClN7O5S. The molecule has 2 N–H and O–H groups in total. The first-order valence-electron chi connectivity index (χ1n) is 15.2. The number of hydrogen-bond donors (Lipinski definition) is 2. The van der Waals surface area contributed by atoms with Crippen LogP contribution in [-0.2, 0) is 14.8 Å². The quantitative estimate of drug-likeness (QED) is 0.243. The van der Waals surface area contributed by atoms with Gasteiger partial charge in [0.15, 0.2) is 5.65 Å². The Balaban J connectivity index is 1.51. The van der Waals surface area contributed by atoms with E-state index in [1.165, 1.54) is 23.1 Å². The third-order valence-electron chi connectivity index (χ3n) is 7.87. The first-order chi connectivity index (χ1) is 22.0. The van der Waals surface area contributed by atoms with Gasteiger partial charge in [0, 0.05) is 36.9 Å². The number of carbonyl (C=O) groups is 2. The number of amides is 2. The standard InChI is InChI=1S/C33H40ClN7O5S/c1-20-18-41-30(36-29(20)40-16-15-24(19-40)35-32(43)46-33(3,4)5)27(22-11-9-8-10-12-22)28(37-41)21(2)39(6)31(42)25-17-23(34)13-14-26(25)38-47(7,44)45/h8-14,17-18,21,24,38H,15-16,19H2,1-7H3,(H,35,43)/t21-,24-/m0/s1. The van der Waals surface area contributed by atoms with Crippen molar-refractivity contribution in [2.75, 3.05) is 36.0 Å². The summed E-state index contributed by atoms with van der Waals surface area (Å²) in [6.45, 7) is 10.6. The summed E-state index contributed by atoms with van der Waals surface area (Å²) in [6, 6.07) is 13.5. The highest BCUT2D eigenvalue weighted by atomic mass is 35.5. The predicted molar refractivity (Wildman–Crippen MR) is 184 cm³/mol. The minimum atomic E-state index is -3.66. The average Bonchev–Trinajstić information content (AvgIpc) is 3.59. The maximum Gasteiger partial charge on any atom is 0.407 e. The van der Waals surface area contributed by atoms with E-state index in [1.807, 2.05) is 71.1 Å². The molecule has 1 saturated heterocycles. The van der Waals surface area contributed by atoms with Crippen molar-refractivity contribution in [3.05, 3.63) is 76.6 Å². The van der Waals surface area contributed by atoms with Crippen molar-refractivity contribution >= 4 is 50.8 Å². The van der Waals surface area contributed by atoms with Crippen LogP contribution >= 0.6 is 11.6 Å². The van der Waals surface area contributed by atoms with Crippen molar-refractivity contribution in [1.29, 1.82) is 0 Å². The van der Waals surface area contributed by atoms with Crippen molar-refractivity contribution in [3.8, 4) is 11.1 Å². The summed E-state index contributed by atoms with van der Waals surface area (Å²) in [6.07, 6.45) is 3.24. The van der Waals surface area contributed by atoms with E-state index in [-0.39, 0.29) is 17.3 Å². The number of sulfonamides is 1. The molecule has 4 aromatic rings. The van der Waals surface area contributed by atoms with Gasteiger partial charge in [-0.3, -0.25) is 9.52 Å². The van der Waals surface area contributed by atoms with Gasteiger partial charge >= 0.3 is 6.09 Å². The number of halogens is 1. The highest BCUT2D eigenvalue weighted by Crippen LogP contribution is 2.36. The number of aryl methyl sites for hydroxylation is 1. The molecule has 14 heteroatoms. The Bertz CT molecular complexity index is 1930. The molecule has 1 aliphatic heterocycles. The van der Waals surface area contributed by atoms with Crippen molar-refractivity contribution < 1.29 is 22.7 Å². The molecule has 0 spiro atoms. The molecule has 250 valence electrons. The second-order valence-corrected chi connectivity index (χ2v) is 15.1. The van der Waals surface area contributed by atoms with Gasteiger partial charge in [-0.05, 0) is 64.8 Å². The molecule has 0 radical (unpaired) electrons. The van der Waals surface area contributed by atoms with Crippen LogP contribution in [0.1, 0.15) is 61.8 Å². The van der Waals surface area contributed by atoms with Gasteiger partial charge in [-0.2, -0.15) is 5.10 Å². The minimum absolute atomic E-state index is 0.0930. The monoisotopic (exact) mass is 681 g/mol. The Kier molecular flexibility index (Phi) is 9.43. The van der Waals surface area contributed by atoms with Crippen LogP contribution in [0.15, 0.2) is 54.7 Å². The average molecular weight is 682 g/mol. The van der Waals surface area contributed by atoms with E-state index < -0.39 is 33.7 Å². The van der Waals surface area contributed by atoms with Gasteiger partial charge in [0.2, 0.25) is 10.0 Å². The lowest BCUT2D eigenvalue weighted by atomic mass is 10.0. The van der Waals surface area contributed by atoms with Crippen LogP contribution in [0.2, 0.25) is 5.02 Å². The topological polar surface area (TPSA) is 138 Å². The van der Waals surface area contributed by atoms with E-state index in [1.54, 1.807) is 11.6 Å². The van der Waals surface area contributed by atoms with Crippen LogP contribution in [0.3, 0.4) is 0 Å². The molecule has 12 nitrogen and oxygen atoms in total. The molecule has 1 fully saturated rings.